The van der Waals surface area contributed by atoms with Crippen molar-refractivity contribution in [3.63, 3.8) is 0 Å². The van der Waals surface area contributed by atoms with E-state index in [1.807, 2.05) is 7.05 Å². The Labute approximate surface area is 128 Å². The van der Waals surface area contributed by atoms with Crippen molar-refractivity contribution < 1.29 is 4.74 Å². The minimum absolute atomic E-state index is 0.184. The van der Waals surface area contributed by atoms with Crippen molar-refractivity contribution in [3.8, 4) is 5.75 Å². The van der Waals surface area contributed by atoms with Crippen LogP contribution in [0.3, 0.4) is 0 Å². The van der Waals surface area contributed by atoms with Crippen LogP contribution in [0.25, 0.3) is 10.8 Å². The van der Waals surface area contributed by atoms with Gasteiger partial charge in [0.1, 0.15) is 11.9 Å². The Balaban J connectivity index is 1.80. The van der Waals surface area contributed by atoms with Gasteiger partial charge in [0.05, 0.1) is 0 Å². The van der Waals surface area contributed by atoms with Gasteiger partial charge in [-0.3, -0.25) is 0 Å². The maximum absolute atomic E-state index is 6.18. The van der Waals surface area contributed by atoms with Crippen LogP contribution in [-0.4, -0.2) is 19.2 Å². The molecule has 0 aliphatic heterocycles. The van der Waals surface area contributed by atoms with Gasteiger partial charge in [0.15, 0.2) is 0 Å². The molecule has 0 heterocycles. The highest BCUT2D eigenvalue weighted by Crippen LogP contribution is 2.43. The molecule has 2 aromatic carbocycles. The summed E-state index contributed by atoms with van der Waals surface area (Å²) in [4.78, 5) is 0. The molecule has 20 heavy (non-hydrogen) atoms. The molecule has 1 N–H and O–H groups in total. The molecule has 1 aliphatic rings. The number of halogens is 1. The normalized spacial score (nSPS) is 24.4. The van der Waals surface area contributed by atoms with Crippen molar-refractivity contribution >= 4 is 26.7 Å². The fraction of sp³-hybridized carbons (Fsp3) is 0.412. The van der Waals surface area contributed by atoms with Gasteiger partial charge in [-0.2, -0.15) is 0 Å². The summed E-state index contributed by atoms with van der Waals surface area (Å²) in [5.74, 6) is 0.965. The van der Waals surface area contributed by atoms with Crippen molar-refractivity contribution in [1.82, 2.24) is 5.32 Å². The molecule has 1 aliphatic carbocycles. The second kappa shape index (κ2) is 5.05. The third kappa shape index (κ3) is 2.33. The van der Waals surface area contributed by atoms with Gasteiger partial charge >= 0.3 is 0 Å². The fourth-order valence-electron chi connectivity index (χ4n) is 3.01. The van der Waals surface area contributed by atoms with Gasteiger partial charge < -0.3 is 10.1 Å². The summed E-state index contributed by atoms with van der Waals surface area (Å²) < 4.78 is 7.29. The average Bonchev–Trinajstić information content (AvgIpc) is 2.43. The summed E-state index contributed by atoms with van der Waals surface area (Å²) in [6.45, 7) is 4.53. The molecule has 3 rings (SSSR count). The van der Waals surface area contributed by atoms with Gasteiger partial charge in [0.2, 0.25) is 0 Å². The molecule has 2 atom stereocenters. The summed E-state index contributed by atoms with van der Waals surface area (Å²) in [6, 6.07) is 13.2. The molecule has 1 saturated carbocycles. The fourth-order valence-corrected chi connectivity index (χ4v) is 3.39. The summed E-state index contributed by atoms with van der Waals surface area (Å²) in [7, 11) is 2.02. The largest absolute Gasteiger partial charge is 0.490 e. The van der Waals surface area contributed by atoms with Gasteiger partial charge in [-0.05, 0) is 42.1 Å². The van der Waals surface area contributed by atoms with Gasteiger partial charge in [0.25, 0.3) is 0 Å². The Kier molecular flexibility index (Phi) is 3.51. The zero-order valence-corrected chi connectivity index (χ0v) is 13.7. The minimum atomic E-state index is 0.184. The van der Waals surface area contributed by atoms with Gasteiger partial charge in [-0.1, -0.05) is 41.9 Å². The van der Waals surface area contributed by atoms with E-state index in [1.165, 1.54) is 10.8 Å². The Morgan fingerprint density at radius 3 is 2.55 bits per heavy atom. The highest BCUT2D eigenvalue weighted by Gasteiger charge is 2.49. The number of fused-ring (bicyclic) bond motifs is 1. The Hall–Kier alpha value is -1.06. The lowest BCUT2D eigenvalue weighted by atomic mass is 9.64. The van der Waals surface area contributed by atoms with Crippen molar-refractivity contribution in [1.29, 1.82) is 0 Å². The molecular formula is C17H20BrNO. The lowest BCUT2D eigenvalue weighted by molar-refractivity contribution is -0.0520. The second-order valence-electron chi connectivity index (χ2n) is 6.16. The van der Waals surface area contributed by atoms with E-state index >= 15 is 0 Å². The Morgan fingerprint density at radius 2 is 1.85 bits per heavy atom. The average molecular weight is 334 g/mol. The SMILES string of the molecule is CNC1CC(Oc2ccc3cc(Br)ccc3c2)C1(C)C. The zero-order valence-electron chi connectivity index (χ0n) is 12.1. The van der Waals surface area contributed by atoms with E-state index in [0.717, 1.165) is 16.6 Å². The first-order valence-electron chi connectivity index (χ1n) is 7.04. The second-order valence-corrected chi connectivity index (χ2v) is 7.07. The third-order valence-electron chi connectivity index (χ3n) is 4.58. The number of ether oxygens (including phenoxy) is 1. The highest BCUT2D eigenvalue weighted by molar-refractivity contribution is 9.10. The monoisotopic (exact) mass is 333 g/mol. The molecule has 3 heteroatoms. The van der Waals surface area contributed by atoms with Gasteiger partial charge in [-0.25, -0.2) is 0 Å². The van der Waals surface area contributed by atoms with Crippen molar-refractivity contribution in [3.05, 3.63) is 40.9 Å². The Bertz CT molecular complexity index is 638. The molecule has 0 saturated heterocycles. The molecule has 0 aromatic heterocycles. The zero-order chi connectivity index (χ0) is 14.3. The number of hydrogen-bond acceptors (Lipinski definition) is 2. The number of rotatable bonds is 3. The van der Waals surface area contributed by atoms with Crippen LogP contribution in [0.5, 0.6) is 5.75 Å². The molecule has 106 valence electrons. The van der Waals surface area contributed by atoms with E-state index in [-0.39, 0.29) is 11.5 Å². The molecular weight excluding hydrogens is 314 g/mol. The summed E-state index contributed by atoms with van der Waals surface area (Å²) in [5, 5.41) is 5.80. The third-order valence-corrected chi connectivity index (χ3v) is 5.07. The molecule has 0 spiro atoms. The predicted octanol–water partition coefficient (Wildman–Crippen LogP) is 4.37. The van der Waals surface area contributed by atoms with Gasteiger partial charge in [0, 0.05) is 22.4 Å². The standard InChI is InChI=1S/C17H20BrNO/c1-17(2)15(19-3)10-16(17)20-14-7-5-11-8-13(18)6-4-12(11)9-14/h4-9,15-16,19H,10H2,1-3H3. The first kappa shape index (κ1) is 13.9. The van der Waals surface area contributed by atoms with E-state index in [0.29, 0.717) is 6.04 Å². The maximum atomic E-state index is 6.18. The topological polar surface area (TPSA) is 21.3 Å². The van der Waals surface area contributed by atoms with Crippen molar-refractivity contribution in [2.24, 2.45) is 5.41 Å². The summed E-state index contributed by atoms with van der Waals surface area (Å²) in [6.07, 6.45) is 1.36. The first-order valence-corrected chi connectivity index (χ1v) is 7.83. The van der Waals surface area contributed by atoms with Crippen LogP contribution >= 0.6 is 15.9 Å². The van der Waals surface area contributed by atoms with Crippen molar-refractivity contribution in [2.45, 2.75) is 32.4 Å². The number of hydrogen-bond donors (Lipinski definition) is 1. The smallest absolute Gasteiger partial charge is 0.120 e. The maximum Gasteiger partial charge on any atom is 0.120 e. The van der Waals surface area contributed by atoms with Crippen LogP contribution in [0.1, 0.15) is 20.3 Å². The van der Waals surface area contributed by atoms with Crippen LogP contribution in [-0.2, 0) is 0 Å². The molecule has 2 aromatic rings. The van der Waals surface area contributed by atoms with Crippen LogP contribution < -0.4 is 10.1 Å². The molecule has 0 amide bonds. The van der Waals surface area contributed by atoms with Crippen LogP contribution in [0.4, 0.5) is 0 Å². The lowest BCUT2D eigenvalue weighted by Gasteiger charge is -2.51. The van der Waals surface area contributed by atoms with Crippen molar-refractivity contribution in [2.75, 3.05) is 7.05 Å². The summed E-state index contributed by atoms with van der Waals surface area (Å²) in [5.41, 5.74) is 0.184. The first-order chi connectivity index (χ1) is 9.50. The number of benzene rings is 2. The highest BCUT2D eigenvalue weighted by atomic mass is 79.9. The van der Waals surface area contributed by atoms with E-state index in [1.54, 1.807) is 0 Å². The van der Waals surface area contributed by atoms with Gasteiger partial charge in [-0.15, -0.1) is 0 Å². The van der Waals surface area contributed by atoms with Crippen LogP contribution in [0.2, 0.25) is 0 Å². The Morgan fingerprint density at radius 1 is 1.15 bits per heavy atom. The minimum Gasteiger partial charge on any atom is -0.490 e. The van der Waals surface area contributed by atoms with E-state index < -0.39 is 0 Å². The lowest BCUT2D eigenvalue weighted by Crippen LogP contribution is -2.61. The molecule has 1 fully saturated rings. The summed E-state index contributed by atoms with van der Waals surface area (Å²) >= 11 is 3.50. The van der Waals surface area contributed by atoms with Crippen LogP contribution in [0.15, 0.2) is 40.9 Å². The molecule has 0 radical (unpaired) electrons. The van der Waals surface area contributed by atoms with E-state index in [9.17, 15) is 0 Å². The molecule has 2 nitrogen and oxygen atoms in total. The quantitative estimate of drug-likeness (QED) is 0.900. The predicted molar refractivity (Wildman–Crippen MR) is 87.3 cm³/mol. The number of nitrogens with one attached hydrogen (secondary N) is 1. The van der Waals surface area contributed by atoms with E-state index in [2.05, 4.69) is 71.5 Å². The van der Waals surface area contributed by atoms with Crippen LogP contribution in [0, 0.1) is 5.41 Å². The molecule has 2 unspecified atom stereocenters. The molecule has 0 bridgehead atoms. The van der Waals surface area contributed by atoms with E-state index in [4.69, 9.17) is 4.74 Å².